The zero-order chi connectivity index (χ0) is 22.6. The summed E-state index contributed by atoms with van der Waals surface area (Å²) in [7, 11) is -1.81. The fourth-order valence-corrected chi connectivity index (χ4v) is 6.43. The van der Waals surface area contributed by atoms with Crippen molar-refractivity contribution < 1.29 is 18.3 Å². The molecule has 3 atom stereocenters. The first-order valence-electron chi connectivity index (χ1n) is 10.6. The number of anilines is 1. The van der Waals surface area contributed by atoms with Crippen molar-refractivity contribution >= 4 is 33.0 Å². The van der Waals surface area contributed by atoms with E-state index in [0.29, 0.717) is 41.8 Å². The van der Waals surface area contributed by atoms with Gasteiger partial charge in [-0.15, -0.1) is 0 Å². The Bertz CT molecular complexity index is 1270. The van der Waals surface area contributed by atoms with Crippen LogP contribution in [0.3, 0.4) is 0 Å². The molecule has 1 saturated heterocycles. The van der Waals surface area contributed by atoms with Gasteiger partial charge in [0.25, 0.3) is 10.0 Å². The van der Waals surface area contributed by atoms with Crippen molar-refractivity contribution in [1.82, 2.24) is 18.8 Å². The average Bonchev–Trinajstić information content (AvgIpc) is 3.46. The molecular formula is C22H25N5O4S. The number of rotatable bonds is 4. The molecule has 1 saturated carbocycles. The van der Waals surface area contributed by atoms with Gasteiger partial charge in [-0.1, -0.05) is 17.7 Å². The molecule has 0 bridgehead atoms. The van der Waals surface area contributed by atoms with Gasteiger partial charge >= 0.3 is 6.09 Å². The molecule has 3 heterocycles. The molecule has 1 aliphatic carbocycles. The fourth-order valence-electron chi connectivity index (χ4n) is 5.13. The Morgan fingerprint density at radius 2 is 1.75 bits per heavy atom. The summed E-state index contributed by atoms with van der Waals surface area (Å²) in [6.45, 7) is 3.07. The van der Waals surface area contributed by atoms with Crippen molar-refractivity contribution in [3.63, 3.8) is 0 Å². The second-order valence-electron chi connectivity index (χ2n) is 8.81. The first kappa shape index (κ1) is 20.7. The Balaban J connectivity index is 1.44. The summed E-state index contributed by atoms with van der Waals surface area (Å²) < 4.78 is 27.6. The number of likely N-dealkylation sites (tertiary alicyclic amines) is 1. The number of fused-ring (bicyclic) bond motifs is 2. The molecule has 2 fully saturated rings. The van der Waals surface area contributed by atoms with E-state index in [-0.39, 0.29) is 10.9 Å². The second kappa shape index (κ2) is 7.47. The summed E-state index contributed by atoms with van der Waals surface area (Å²) in [6, 6.07) is 8.71. The molecule has 10 heteroatoms. The van der Waals surface area contributed by atoms with Crippen molar-refractivity contribution in [3.8, 4) is 0 Å². The Hall–Kier alpha value is -3.14. The lowest BCUT2D eigenvalue weighted by atomic mass is 10.0. The quantitative estimate of drug-likeness (QED) is 0.644. The van der Waals surface area contributed by atoms with Crippen LogP contribution in [0.5, 0.6) is 0 Å². The van der Waals surface area contributed by atoms with E-state index in [1.165, 1.54) is 21.4 Å². The molecule has 5 rings (SSSR count). The number of hydrogen-bond acceptors (Lipinski definition) is 6. The molecule has 1 aliphatic heterocycles. The lowest BCUT2D eigenvalue weighted by Gasteiger charge is -2.27. The van der Waals surface area contributed by atoms with Crippen molar-refractivity contribution in [2.45, 2.75) is 30.7 Å². The van der Waals surface area contributed by atoms with Crippen LogP contribution in [-0.2, 0) is 10.0 Å². The minimum atomic E-state index is -3.78. The number of nitrogens with zero attached hydrogens (tertiary/aromatic N) is 5. The minimum absolute atomic E-state index is 0.209. The third-order valence-corrected chi connectivity index (χ3v) is 8.56. The Kier molecular flexibility index (Phi) is 4.85. The predicted molar refractivity (Wildman–Crippen MR) is 119 cm³/mol. The summed E-state index contributed by atoms with van der Waals surface area (Å²) in [6.07, 6.45) is 3.85. The van der Waals surface area contributed by atoms with Gasteiger partial charge in [0, 0.05) is 32.4 Å². The van der Waals surface area contributed by atoms with E-state index >= 15 is 0 Å². The zero-order valence-corrected chi connectivity index (χ0v) is 18.7. The van der Waals surface area contributed by atoms with E-state index in [1.807, 2.05) is 14.0 Å². The molecule has 0 unspecified atom stereocenters. The third kappa shape index (κ3) is 3.29. The smallest absolute Gasteiger partial charge is 0.407 e. The van der Waals surface area contributed by atoms with Crippen LogP contribution in [0.1, 0.15) is 18.4 Å². The summed E-state index contributed by atoms with van der Waals surface area (Å²) in [5, 5.41) is 9.93. The number of aryl methyl sites for hydroxylation is 1. The zero-order valence-electron chi connectivity index (χ0n) is 17.9. The number of carbonyl (C=O) groups is 1. The number of amides is 1. The maximum atomic E-state index is 13.2. The van der Waals surface area contributed by atoms with E-state index in [1.54, 1.807) is 30.3 Å². The SMILES string of the molecule is Cc1ccc(S(=O)(=O)n2ccc3c(N(C)[C@H]4C[C@@H]5CN(C(=O)O)C[C@@H]5C4)ncnc32)cc1. The van der Waals surface area contributed by atoms with Crippen LogP contribution >= 0.6 is 0 Å². The van der Waals surface area contributed by atoms with Gasteiger partial charge in [-0.2, -0.15) is 0 Å². The topological polar surface area (TPSA) is 109 Å². The summed E-state index contributed by atoms with van der Waals surface area (Å²) in [5.74, 6) is 1.39. The molecule has 0 spiro atoms. The molecule has 32 heavy (non-hydrogen) atoms. The molecular weight excluding hydrogens is 430 g/mol. The van der Waals surface area contributed by atoms with Gasteiger partial charge in [0.2, 0.25) is 0 Å². The van der Waals surface area contributed by atoms with Crippen LogP contribution in [0, 0.1) is 18.8 Å². The summed E-state index contributed by atoms with van der Waals surface area (Å²) in [4.78, 5) is 23.8. The van der Waals surface area contributed by atoms with E-state index in [2.05, 4.69) is 14.9 Å². The van der Waals surface area contributed by atoms with Gasteiger partial charge in [0.05, 0.1) is 10.3 Å². The van der Waals surface area contributed by atoms with E-state index in [4.69, 9.17) is 0 Å². The lowest BCUT2D eigenvalue weighted by molar-refractivity contribution is 0.152. The average molecular weight is 456 g/mol. The third-order valence-electron chi connectivity index (χ3n) is 6.88. The second-order valence-corrected chi connectivity index (χ2v) is 10.6. The van der Waals surface area contributed by atoms with Gasteiger partial charge in [-0.3, -0.25) is 0 Å². The number of hydrogen-bond donors (Lipinski definition) is 1. The Labute approximate surface area is 186 Å². The van der Waals surface area contributed by atoms with Crippen LogP contribution in [0.2, 0.25) is 0 Å². The highest BCUT2D eigenvalue weighted by atomic mass is 32.2. The van der Waals surface area contributed by atoms with Crippen LogP contribution in [0.25, 0.3) is 11.0 Å². The van der Waals surface area contributed by atoms with Crippen LogP contribution < -0.4 is 4.90 Å². The molecule has 3 aromatic rings. The highest BCUT2D eigenvalue weighted by Gasteiger charge is 2.44. The highest BCUT2D eigenvalue weighted by molar-refractivity contribution is 7.90. The maximum absolute atomic E-state index is 13.2. The van der Waals surface area contributed by atoms with Crippen LogP contribution in [0.15, 0.2) is 47.8 Å². The van der Waals surface area contributed by atoms with Crippen molar-refractivity contribution in [2.75, 3.05) is 25.0 Å². The van der Waals surface area contributed by atoms with Crippen molar-refractivity contribution in [2.24, 2.45) is 11.8 Å². The van der Waals surface area contributed by atoms with Gasteiger partial charge in [0.15, 0.2) is 5.65 Å². The van der Waals surface area contributed by atoms with E-state index in [9.17, 15) is 18.3 Å². The fraction of sp³-hybridized carbons (Fsp3) is 0.409. The summed E-state index contributed by atoms with van der Waals surface area (Å²) >= 11 is 0. The molecule has 9 nitrogen and oxygen atoms in total. The van der Waals surface area contributed by atoms with Crippen molar-refractivity contribution in [1.29, 1.82) is 0 Å². The Morgan fingerprint density at radius 1 is 1.09 bits per heavy atom. The lowest BCUT2D eigenvalue weighted by Crippen LogP contribution is -2.34. The standard InChI is InChI=1S/C22H25N5O4S/c1-14-3-5-18(6-4-14)32(30,31)27-8-7-19-20(23-13-24-21(19)27)25(2)17-9-15-11-26(22(28)29)12-16(15)10-17/h3-8,13,15-17H,9-12H2,1-2H3,(H,28,29)/t15-,16+,17+. The number of carboxylic acid groups (broad SMARTS) is 1. The van der Waals surface area contributed by atoms with E-state index in [0.717, 1.165) is 18.4 Å². The Morgan fingerprint density at radius 3 is 2.38 bits per heavy atom. The van der Waals surface area contributed by atoms with Gasteiger partial charge in [0.1, 0.15) is 12.1 Å². The van der Waals surface area contributed by atoms with Crippen LogP contribution in [0.4, 0.5) is 10.6 Å². The molecule has 168 valence electrons. The number of aromatic nitrogens is 3. The molecule has 2 aliphatic rings. The van der Waals surface area contributed by atoms with Gasteiger partial charge in [-0.25, -0.2) is 27.2 Å². The van der Waals surface area contributed by atoms with Crippen LogP contribution in [-0.4, -0.2) is 64.6 Å². The summed E-state index contributed by atoms with van der Waals surface area (Å²) in [5.41, 5.74) is 1.33. The van der Waals surface area contributed by atoms with E-state index < -0.39 is 16.1 Å². The highest BCUT2D eigenvalue weighted by Crippen LogP contribution is 2.41. The first-order chi connectivity index (χ1) is 15.3. The van der Waals surface area contributed by atoms with Crippen molar-refractivity contribution in [3.05, 3.63) is 48.4 Å². The van der Waals surface area contributed by atoms with Gasteiger partial charge < -0.3 is 14.9 Å². The molecule has 0 radical (unpaired) electrons. The normalized spacial score (nSPS) is 22.9. The predicted octanol–water partition coefficient (Wildman–Crippen LogP) is 2.80. The van der Waals surface area contributed by atoms with Gasteiger partial charge in [-0.05, 0) is 49.8 Å². The molecule has 2 aromatic heterocycles. The molecule has 1 N–H and O–H groups in total. The first-order valence-corrected chi connectivity index (χ1v) is 12.0. The monoisotopic (exact) mass is 455 g/mol. The maximum Gasteiger partial charge on any atom is 0.407 e. The number of benzene rings is 1. The largest absolute Gasteiger partial charge is 0.465 e. The molecule has 1 amide bonds. The minimum Gasteiger partial charge on any atom is -0.465 e. The molecule has 1 aromatic carbocycles.